The highest BCUT2D eigenvalue weighted by Gasteiger charge is 2.27. The van der Waals surface area contributed by atoms with Gasteiger partial charge in [-0.2, -0.15) is 0 Å². The molecule has 0 saturated carbocycles. The molecule has 0 bridgehead atoms. The highest BCUT2D eigenvalue weighted by molar-refractivity contribution is 4.76. The summed E-state index contributed by atoms with van der Waals surface area (Å²) in [6.45, 7) is 13.6. The Bertz CT molecular complexity index is 163. The first-order valence-corrected chi connectivity index (χ1v) is 4.98. The SMILES string of the molecule is CC(C)N1COCN(C(C)(C)C)C1. The first-order chi connectivity index (χ1) is 5.91. The molecule has 78 valence electrons. The van der Waals surface area contributed by atoms with Crippen LogP contribution in [0, 0.1) is 0 Å². The molecular formula is C10H22N2O. The standard InChI is InChI=1S/C10H22N2O/c1-9(2)11-6-12(8-13-7-11)10(3,4)5/h9H,6-8H2,1-5H3. The van der Waals surface area contributed by atoms with E-state index in [2.05, 4.69) is 44.4 Å². The molecule has 0 radical (unpaired) electrons. The maximum absolute atomic E-state index is 5.53. The van der Waals surface area contributed by atoms with Gasteiger partial charge in [-0.05, 0) is 34.6 Å². The van der Waals surface area contributed by atoms with Crippen molar-refractivity contribution >= 4 is 0 Å². The largest absolute Gasteiger partial charge is 0.351 e. The molecule has 0 amide bonds. The van der Waals surface area contributed by atoms with Crippen LogP contribution in [0.2, 0.25) is 0 Å². The summed E-state index contributed by atoms with van der Waals surface area (Å²) in [4.78, 5) is 4.67. The zero-order valence-electron chi connectivity index (χ0n) is 9.50. The van der Waals surface area contributed by atoms with Gasteiger partial charge in [-0.3, -0.25) is 9.80 Å². The minimum Gasteiger partial charge on any atom is -0.351 e. The van der Waals surface area contributed by atoms with E-state index in [1.54, 1.807) is 0 Å². The van der Waals surface area contributed by atoms with E-state index in [4.69, 9.17) is 4.74 Å². The molecule has 1 aliphatic heterocycles. The lowest BCUT2D eigenvalue weighted by Crippen LogP contribution is -2.55. The summed E-state index contributed by atoms with van der Waals surface area (Å²) >= 11 is 0. The summed E-state index contributed by atoms with van der Waals surface area (Å²) in [5.41, 5.74) is 0.202. The van der Waals surface area contributed by atoms with Crippen molar-refractivity contribution in [3.63, 3.8) is 0 Å². The van der Waals surface area contributed by atoms with Crippen LogP contribution in [-0.2, 0) is 4.74 Å². The van der Waals surface area contributed by atoms with Crippen molar-refractivity contribution in [3.05, 3.63) is 0 Å². The van der Waals surface area contributed by atoms with Gasteiger partial charge >= 0.3 is 0 Å². The lowest BCUT2D eigenvalue weighted by molar-refractivity contribution is -0.149. The van der Waals surface area contributed by atoms with E-state index in [9.17, 15) is 0 Å². The van der Waals surface area contributed by atoms with Gasteiger partial charge in [0.25, 0.3) is 0 Å². The number of rotatable bonds is 1. The predicted molar refractivity (Wildman–Crippen MR) is 54.3 cm³/mol. The first-order valence-electron chi connectivity index (χ1n) is 4.98. The van der Waals surface area contributed by atoms with Gasteiger partial charge in [0.1, 0.15) is 13.5 Å². The topological polar surface area (TPSA) is 15.7 Å². The van der Waals surface area contributed by atoms with E-state index in [-0.39, 0.29) is 5.54 Å². The second-order valence-electron chi connectivity index (χ2n) is 5.00. The van der Waals surface area contributed by atoms with Gasteiger partial charge in [-0.25, -0.2) is 0 Å². The second kappa shape index (κ2) is 3.95. The minimum absolute atomic E-state index is 0.202. The maximum atomic E-state index is 5.53. The van der Waals surface area contributed by atoms with E-state index >= 15 is 0 Å². The van der Waals surface area contributed by atoms with Crippen LogP contribution < -0.4 is 0 Å². The number of nitrogens with zero attached hydrogens (tertiary/aromatic N) is 2. The van der Waals surface area contributed by atoms with Crippen LogP contribution in [0.25, 0.3) is 0 Å². The molecule has 0 spiro atoms. The molecular weight excluding hydrogens is 164 g/mol. The second-order valence-corrected chi connectivity index (χ2v) is 5.00. The molecule has 13 heavy (non-hydrogen) atoms. The molecule has 1 rings (SSSR count). The van der Waals surface area contributed by atoms with Gasteiger partial charge in [-0.1, -0.05) is 0 Å². The molecule has 0 N–H and O–H groups in total. The molecule has 3 heteroatoms. The number of hydrogen-bond acceptors (Lipinski definition) is 3. The summed E-state index contributed by atoms with van der Waals surface area (Å²) in [5.74, 6) is 0. The molecule has 1 fully saturated rings. The fraction of sp³-hybridized carbons (Fsp3) is 1.00. The van der Waals surface area contributed by atoms with Crippen molar-refractivity contribution in [2.24, 2.45) is 0 Å². The van der Waals surface area contributed by atoms with Gasteiger partial charge in [0.15, 0.2) is 0 Å². The van der Waals surface area contributed by atoms with E-state index < -0.39 is 0 Å². The van der Waals surface area contributed by atoms with Crippen molar-refractivity contribution in [3.8, 4) is 0 Å². The van der Waals surface area contributed by atoms with Crippen molar-refractivity contribution < 1.29 is 4.74 Å². The van der Waals surface area contributed by atoms with Gasteiger partial charge in [-0.15, -0.1) is 0 Å². The summed E-state index contributed by atoms with van der Waals surface area (Å²) in [6.07, 6.45) is 0. The minimum atomic E-state index is 0.202. The molecule has 1 saturated heterocycles. The Kier molecular flexibility index (Phi) is 3.33. The number of ether oxygens (including phenoxy) is 1. The fourth-order valence-corrected chi connectivity index (χ4v) is 1.29. The normalized spacial score (nSPS) is 22.6. The van der Waals surface area contributed by atoms with Crippen molar-refractivity contribution in [2.45, 2.75) is 46.2 Å². The van der Waals surface area contributed by atoms with Crippen molar-refractivity contribution in [1.82, 2.24) is 9.80 Å². The summed E-state index contributed by atoms with van der Waals surface area (Å²) in [5, 5.41) is 0. The lowest BCUT2D eigenvalue weighted by Gasteiger charge is -2.44. The average Bonchev–Trinajstić information content (AvgIpc) is 2.03. The molecule has 0 aromatic heterocycles. The Hall–Kier alpha value is -0.120. The van der Waals surface area contributed by atoms with Crippen LogP contribution in [0.15, 0.2) is 0 Å². The Labute approximate surface area is 81.7 Å². The highest BCUT2D eigenvalue weighted by Crippen LogP contribution is 2.17. The van der Waals surface area contributed by atoms with Crippen LogP contribution in [0.1, 0.15) is 34.6 Å². The average molecular weight is 186 g/mol. The van der Waals surface area contributed by atoms with Gasteiger partial charge in [0.2, 0.25) is 0 Å². The fourth-order valence-electron chi connectivity index (χ4n) is 1.29. The molecule has 0 atom stereocenters. The van der Waals surface area contributed by atoms with E-state index in [1.807, 2.05) is 0 Å². The molecule has 0 unspecified atom stereocenters. The summed E-state index contributed by atoms with van der Waals surface area (Å²) in [7, 11) is 0. The maximum Gasteiger partial charge on any atom is 0.102 e. The molecule has 0 aliphatic carbocycles. The van der Waals surface area contributed by atoms with Crippen LogP contribution >= 0.6 is 0 Å². The van der Waals surface area contributed by atoms with Crippen molar-refractivity contribution in [2.75, 3.05) is 20.1 Å². The smallest absolute Gasteiger partial charge is 0.102 e. The third-order valence-corrected chi connectivity index (χ3v) is 2.54. The Balaban J connectivity index is 2.52. The monoisotopic (exact) mass is 186 g/mol. The number of hydrogen-bond donors (Lipinski definition) is 0. The molecule has 1 heterocycles. The predicted octanol–water partition coefficient (Wildman–Crippen LogP) is 1.70. The van der Waals surface area contributed by atoms with Gasteiger partial charge in [0, 0.05) is 11.6 Å². The van der Waals surface area contributed by atoms with E-state index in [1.165, 1.54) is 0 Å². The molecule has 0 aromatic rings. The highest BCUT2D eigenvalue weighted by atomic mass is 16.5. The quantitative estimate of drug-likeness (QED) is 0.620. The molecule has 1 aliphatic rings. The third-order valence-electron chi connectivity index (χ3n) is 2.54. The van der Waals surface area contributed by atoms with Crippen LogP contribution in [0.5, 0.6) is 0 Å². The van der Waals surface area contributed by atoms with Crippen LogP contribution in [0.3, 0.4) is 0 Å². The van der Waals surface area contributed by atoms with Crippen LogP contribution in [0.4, 0.5) is 0 Å². The zero-order valence-corrected chi connectivity index (χ0v) is 9.50. The molecule has 0 aromatic carbocycles. The van der Waals surface area contributed by atoms with Gasteiger partial charge in [0.05, 0.1) is 6.67 Å². The Morgan fingerprint density at radius 2 is 1.77 bits per heavy atom. The van der Waals surface area contributed by atoms with E-state index in [0.29, 0.717) is 6.04 Å². The summed E-state index contributed by atoms with van der Waals surface area (Å²) < 4.78 is 5.53. The van der Waals surface area contributed by atoms with E-state index in [0.717, 1.165) is 20.1 Å². The van der Waals surface area contributed by atoms with Crippen molar-refractivity contribution in [1.29, 1.82) is 0 Å². The lowest BCUT2D eigenvalue weighted by atomic mass is 10.1. The Morgan fingerprint density at radius 3 is 2.23 bits per heavy atom. The first kappa shape index (κ1) is 11.0. The zero-order chi connectivity index (χ0) is 10.1. The Morgan fingerprint density at radius 1 is 1.15 bits per heavy atom. The molecule has 3 nitrogen and oxygen atoms in total. The van der Waals surface area contributed by atoms with Gasteiger partial charge < -0.3 is 4.74 Å². The van der Waals surface area contributed by atoms with Crippen LogP contribution in [-0.4, -0.2) is 41.5 Å². The summed E-state index contributed by atoms with van der Waals surface area (Å²) in [6, 6.07) is 0.560. The third kappa shape index (κ3) is 2.93.